The topological polar surface area (TPSA) is 37.8 Å². The van der Waals surface area contributed by atoms with E-state index in [-0.39, 0.29) is 0 Å². The third-order valence-electron chi connectivity index (χ3n) is 3.06. The van der Waals surface area contributed by atoms with Crippen molar-refractivity contribution in [3.8, 4) is 0 Å². The van der Waals surface area contributed by atoms with Crippen molar-refractivity contribution in [2.45, 2.75) is 26.4 Å². The fourth-order valence-corrected chi connectivity index (χ4v) is 2.14. The largest absolute Gasteiger partial charge is 0.416 e. The van der Waals surface area contributed by atoms with Gasteiger partial charge in [-0.1, -0.05) is 24.6 Å². The first-order valence-corrected chi connectivity index (χ1v) is 6.65. The van der Waals surface area contributed by atoms with E-state index < -0.39 is 11.7 Å². The van der Waals surface area contributed by atoms with Crippen molar-refractivity contribution >= 4 is 23.1 Å². The molecule has 0 unspecified atom stereocenters. The molecule has 0 fully saturated rings. The zero-order valence-electron chi connectivity index (χ0n) is 11.4. The maximum atomic E-state index is 12.8. The second kappa shape index (κ2) is 5.89. The van der Waals surface area contributed by atoms with Crippen LogP contribution in [-0.2, 0) is 12.6 Å². The highest BCUT2D eigenvalue weighted by molar-refractivity contribution is 6.30. The van der Waals surface area contributed by atoms with Crippen LogP contribution in [0.4, 0.5) is 24.7 Å². The Kier molecular flexibility index (Phi) is 4.37. The van der Waals surface area contributed by atoms with Crippen LogP contribution < -0.4 is 5.32 Å². The second-order valence-corrected chi connectivity index (χ2v) is 4.86. The van der Waals surface area contributed by atoms with Crippen LogP contribution in [0.3, 0.4) is 0 Å². The van der Waals surface area contributed by atoms with E-state index in [1.165, 1.54) is 12.4 Å². The Hall–Kier alpha value is -1.82. The van der Waals surface area contributed by atoms with Gasteiger partial charge < -0.3 is 5.32 Å². The predicted molar refractivity (Wildman–Crippen MR) is 75.9 cm³/mol. The molecule has 0 atom stereocenters. The monoisotopic (exact) mass is 315 g/mol. The van der Waals surface area contributed by atoms with Crippen molar-refractivity contribution in [2.24, 2.45) is 0 Å². The number of aryl methyl sites for hydroxylation is 1. The van der Waals surface area contributed by atoms with Crippen LogP contribution >= 0.6 is 11.6 Å². The van der Waals surface area contributed by atoms with E-state index in [0.717, 1.165) is 12.1 Å². The van der Waals surface area contributed by atoms with Crippen LogP contribution in [0.15, 0.2) is 24.5 Å². The molecule has 1 aromatic carbocycles. The molecule has 0 saturated carbocycles. The first-order valence-electron chi connectivity index (χ1n) is 6.27. The van der Waals surface area contributed by atoms with Gasteiger partial charge in [0.05, 0.1) is 5.56 Å². The molecule has 0 spiro atoms. The summed E-state index contributed by atoms with van der Waals surface area (Å²) >= 11 is 5.97. The fraction of sp³-hybridized carbons (Fsp3) is 0.286. The zero-order chi connectivity index (χ0) is 15.6. The van der Waals surface area contributed by atoms with E-state index >= 15 is 0 Å². The fourth-order valence-electron chi connectivity index (χ4n) is 1.87. The Labute approximate surface area is 125 Å². The van der Waals surface area contributed by atoms with E-state index in [0.29, 0.717) is 34.2 Å². The molecule has 7 heteroatoms. The van der Waals surface area contributed by atoms with Gasteiger partial charge in [0.2, 0.25) is 0 Å². The van der Waals surface area contributed by atoms with Crippen LogP contribution in [0.1, 0.15) is 23.6 Å². The highest BCUT2D eigenvalue weighted by Gasteiger charge is 2.30. The highest BCUT2D eigenvalue weighted by Crippen LogP contribution is 2.33. The molecule has 0 saturated heterocycles. The van der Waals surface area contributed by atoms with Crippen molar-refractivity contribution in [3.63, 3.8) is 0 Å². The lowest BCUT2D eigenvalue weighted by atomic mass is 10.1. The third kappa shape index (κ3) is 3.44. The highest BCUT2D eigenvalue weighted by atomic mass is 35.5. The number of rotatable bonds is 3. The zero-order valence-corrected chi connectivity index (χ0v) is 12.2. The molecular formula is C14H13ClF3N3. The molecule has 112 valence electrons. The van der Waals surface area contributed by atoms with E-state index in [2.05, 4.69) is 15.3 Å². The number of alkyl halides is 3. The smallest absolute Gasteiger partial charge is 0.340 e. The Morgan fingerprint density at radius 2 is 1.95 bits per heavy atom. The minimum Gasteiger partial charge on any atom is -0.340 e. The summed E-state index contributed by atoms with van der Waals surface area (Å²) in [5.74, 6) is 0.417. The predicted octanol–water partition coefficient (Wildman–Crippen LogP) is 4.76. The molecule has 0 radical (unpaired) electrons. The quantitative estimate of drug-likeness (QED) is 0.830. The van der Waals surface area contributed by atoms with Gasteiger partial charge in [0, 0.05) is 11.3 Å². The van der Waals surface area contributed by atoms with Gasteiger partial charge in [0.1, 0.15) is 17.3 Å². The van der Waals surface area contributed by atoms with Crippen molar-refractivity contribution in [3.05, 3.63) is 46.4 Å². The molecule has 1 heterocycles. The average molecular weight is 316 g/mol. The summed E-state index contributed by atoms with van der Waals surface area (Å²) in [7, 11) is 0. The van der Waals surface area contributed by atoms with Crippen molar-refractivity contribution in [2.75, 3.05) is 5.32 Å². The average Bonchev–Trinajstić information content (AvgIpc) is 2.40. The van der Waals surface area contributed by atoms with Gasteiger partial charge in [0.25, 0.3) is 0 Å². The second-order valence-electron chi connectivity index (χ2n) is 4.50. The molecule has 0 amide bonds. The molecule has 0 bridgehead atoms. The van der Waals surface area contributed by atoms with Gasteiger partial charge in [0.15, 0.2) is 0 Å². The lowest BCUT2D eigenvalue weighted by molar-refractivity contribution is -0.137. The van der Waals surface area contributed by atoms with Crippen LogP contribution in [0.2, 0.25) is 5.15 Å². The van der Waals surface area contributed by atoms with Crippen molar-refractivity contribution in [1.82, 2.24) is 9.97 Å². The third-order valence-corrected chi connectivity index (χ3v) is 3.39. The Bertz CT molecular complexity index is 656. The first-order chi connectivity index (χ1) is 9.82. The summed E-state index contributed by atoms with van der Waals surface area (Å²) in [6.45, 7) is 3.59. The van der Waals surface area contributed by atoms with Gasteiger partial charge in [-0.3, -0.25) is 0 Å². The minimum absolute atomic E-state index is 0.291. The molecule has 0 aliphatic heterocycles. The Morgan fingerprint density at radius 1 is 1.24 bits per heavy atom. The number of nitrogens with one attached hydrogen (secondary N) is 1. The van der Waals surface area contributed by atoms with Crippen molar-refractivity contribution in [1.29, 1.82) is 0 Å². The molecule has 0 aliphatic rings. The number of halogens is 4. The number of anilines is 2. The molecule has 2 aromatic rings. The van der Waals surface area contributed by atoms with Gasteiger partial charge in [-0.15, -0.1) is 0 Å². The van der Waals surface area contributed by atoms with E-state index in [4.69, 9.17) is 11.6 Å². The molecule has 2 rings (SSSR count). The summed E-state index contributed by atoms with van der Waals surface area (Å²) in [6, 6.07) is 3.53. The summed E-state index contributed by atoms with van der Waals surface area (Å²) in [4.78, 5) is 7.92. The Balaban J connectivity index is 2.42. The van der Waals surface area contributed by atoms with Gasteiger partial charge in [-0.25, -0.2) is 9.97 Å². The van der Waals surface area contributed by atoms with Gasteiger partial charge in [-0.05, 0) is 31.0 Å². The van der Waals surface area contributed by atoms with Gasteiger partial charge in [-0.2, -0.15) is 13.2 Å². The van der Waals surface area contributed by atoms with Crippen LogP contribution in [0.5, 0.6) is 0 Å². The number of nitrogens with zero attached hydrogens (tertiary/aromatic N) is 2. The first kappa shape index (κ1) is 15.6. The summed E-state index contributed by atoms with van der Waals surface area (Å²) in [6.07, 6.45) is -2.55. The maximum absolute atomic E-state index is 12.8. The number of hydrogen-bond donors (Lipinski definition) is 1. The molecule has 3 nitrogen and oxygen atoms in total. The maximum Gasteiger partial charge on any atom is 0.416 e. The van der Waals surface area contributed by atoms with Crippen LogP contribution in [0.25, 0.3) is 0 Å². The summed E-state index contributed by atoms with van der Waals surface area (Å²) < 4.78 is 38.3. The van der Waals surface area contributed by atoms with Crippen LogP contribution in [0, 0.1) is 6.92 Å². The number of aromatic nitrogens is 2. The molecule has 1 aromatic heterocycles. The summed E-state index contributed by atoms with van der Waals surface area (Å²) in [5.41, 5.74) is 0.971. The van der Waals surface area contributed by atoms with Crippen molar-refractivity contribution < 1.29 is 13.2 Å². The van der Waals surface area contributed by atoms with E-state index in [1.54, 1.807) is 6.92 Å². The van der Waals surface area contributed by atoms with Gasteiger partial charge >= 0.3 is 6.18 Å². The lowest BCUT2D eigenvalue weighted by Gasteiger charge is -2.15. The van der Waals surface area contributed by atoms with E-state index in [9.17, 15) is 13.2 Å². The molecule has 0 aliphatic carbocycles. The molecular weight excluding hydrogens is 303 g/mol. The number of hydrogen-bond acceptors (Lipinski definition) is 3. The SMILES string of the molecule is CCc1c(Cl)ncnc1Nc1cc(C(F)(F)F)ccc1C. The standard InChI is InChI=1S/C14H13ClF3N3/c1-3-10-12(15)19-7-20-13(10)21-11-6-9(14(16,17)18)5-4-8(11)2/h4-7H,3H2,1-2H3,(H,19,20,21). The summed E-state index contributed by atoms with van der Waals surface area (Å²) in [5, 5.41) is 3.20. The molecule has 1 N–H and O–H groups in total. The normalized spacial score (nSPS) is 11.5. The lowest BCUT2D eigenvalue weighted by Crippen LogP contribution is -2.07. The molecule has 21 heavy (non-hydrogen) atoms. The van der Waals surface area contributed by atoms with E-state index in [1.807, 2.05) is 6.92 Å². The van der Waals surface area contributed by atoms with Crippen LogP contribution in [-0.4, -0.2) is 9.97 Å². The minimum atomic E-state index is -4.39. The Morgan fingerprint density at radius 3 is 2.57 bits per heavy atom. The number of benzene rings is 1.